The summed E-state index contributed by atoms with van der Waals surface area (Å²) < 4.78 is 21.4. The number of aliphatic carboxylic acids is 4. The number of carbonyl (C=O) groups excluding carboxylic acids is 8. The number of nitrogens with two attached hydrogens (primary N) is 1. The third-order valence-corrected chi connectivity index (χ3v) is 12.6. The molecule has 0 aromatic carbocycles. The molecule has 1 rings (SSSR count). The largest absolute Gasteiger partial charge is 0.481 e. The zero-order valence-corrected chi connectivity index (χ0v) is 48.8. The smallest absolute Gasteiger partial charge is 0.326 e. The summed E-state index contributed by atoms with van der Waals surface area (Å²) in [6.45, 7) is 5.81. The molecule has 449 valence electrons. The number of unbranched alkanes of at least 4 members (excludes halogenated alkanes) is 1. The van der Waals surface area contributed by atoms with E-state index in [1.165, 1.54) is 0 Å². The van der Waals surface area contributed by atoms with Gasteiger partial charge in [0.25, 0.3) is 0 Å². The van der Waals surface area contributed by atoms with Crippen LogP contribution >= 0.6 is 11.8 Å². The summed E-state index contributed by atoms with van der Waals surface area (Å²) in [4.78, 5) is 140. The van der Waals surface area contributed by atoms with Gasteiger partial charge in [-0.05, 0) is 82.8 Å². The van der Waals surface area contributed by atoms with Crippen LogP contribution in [0.4, 0.5) is 0 Å². The minimum absolute atomic E-state index is 0. The molecule has 0 unspecified atom stereocenters. The normalized spacial score (nSPS) is 15.6. The average Bonchev–Trinajstić information content (AvgIpc) is 3.39. The summed E-state index contributed by atoms with van der Waals surface area (Å²) in [5.41, 5.74) is 4.92. The molecule has 1 saturated carbocycles. The van der Waals surface area contributed by atoms with Crippen molar-refractivity contribution in [3.05, 3.63) is 6.92 Å². The van der Waals surface area contributed by atoms with Crippen LogP contribution in [0.5, 0.6) is 0 Å². The molecule has 0 heterocycles. The molecule has 0 bridgehead atoms. The molecular weight excluding hydrogens is 1140 g/mol. The van der Waals surface area contributed by atoms with Gasteiger partial charge in [0.15, 0.2) is 5.78 Å². The minimum atomic E-state index is -1.28. The molecule has 1 aliphatic carbocycles. The number of aliphatic hydroxyl groups excluding tert-OH is 1. The van der Waals surface area contributed by atoms with Crippen molar-refractivity contribution in [3.8, 4) is 0 Å². The van der Waals surface area contributed by atoms with E-state index in [9.17, 15) is 67.7 Å². The van der Waals surface area contributed by atoms with Gasteiger partial charge in [0.1, 0.15) is 37.4 Å². The summed E-state index contributed by atoms with van der Waals surface area (Å²) >= 11 is 1.15. The first kappa shape index (κ1) is 76.5. The van der Waals surface area contributed by atoms with E-state index in [0.29, 0.717) is 57.8 Å². The number of carboxylic acids is 4. The molecule has 0 aromatic rings. The number of thioether (sulfide) groups is 1. The van der Waals surface area contributed by atoms with Gasteiger partial charge in [-0.25, -0.2) is 9.59 Å². The van der Waals surface area contributed by atoms with Gasteiger partial charge >= 0.3 is 23.9 Å². The van der Waals surface area contributed by atoms with Crippen molar-refractivity contribution < 1.29 is 135 Å². The van der Waals surface area contributed by atoms with Crippen LogP contribution in [0.2, 0.25) is 0 Å². The van der Waals surface area contributed by atoms with Gasteiger partial charge in [0, 0.05) is 97.0 Å². The standard InChI is InChI=1S/C47H76N5O20S.C3H7NO.Y/c1-31(38(55)24-34(26-53)45(63)64)29-73-30-42(59)48-16-3-2-7-36(46(65)66)51-41(58)28-72-23-20-69-18-5-6-35(54)27-71-22-21-70-19-17-49-40(57)15-14-37(47(67)68)52-44(62)33-12-10-32(11-13-33)25-50-39(56)8-4-9-43(60)61;1-3(4)2-5;/h31-34,36-37,53H,1-30H2,(H,48,59)(H,49,57)(H,50,56)(H,51,58)(H,52,62)(H,60,61)(H,63,64)(H,65,66)(H,67,68);2-3H,4H2,1H3;/q-1;;/t31-,32?,33?,34-,36-,37-;3-;/m00./s1. The SMILES string of the molecule is C[C@H](N)C=O.[CH2-][C@@H](CSCC(=O)NCCCC[C@H](NC(=O)COCCOCCCC(=O)COCCOCCNC(=O)CC[C@H](NC(=O)C1CCC(CNC(=O)CCCC(=O)O)CC1)C(=O)O)C(=O)O)C(=O)C[C@@H](CO)C(=O)O.[Y]. The van der Waals surface area contributed by atoms with E-state index in [2.05, 4.69) is 33.5 Å². The quantitative estimate of drug-likeness (QED) is 0.0203. The fourth-order valence-electron chi connectivity index (χ4n) is 7.06. The van der Waals surface area contributed by atoms with Crippen molar-refractivity contribution in [2.24, 2.45) is 29.4 Å². The Morgan fingerprint density at radius 3 is 1.82 bits per heavy atom. The van der Waals surface area contributed by atoms with Crippen LogP contribution in [0.25, 0.3) is 0 Å². The van der Waals surface area contributed by atoms with E-state index in [4.69, 9.17) is 40.0 Å². The second-order valence-corrected chi connectivity index (χ2v) is 19.5. The van der Waals surface area contributed by atoms with Crippen LogP contribution in [0.3, 0.4) is 0 Å². The van der Waals surface area contributed by atoms with Crippen LogP contribution in [0, 0.1) is 30.6 Å². The minimum Gasteiger partial charge on any atom is -0.481 e. The molecule has 0 aromatic heterocycles. The summed E-state index contributed by atoms with van der Waals surface area (Å²) in [5, 5.41) is 58.9. The van der Waals surface area contributed by atoms with Crippen molar-refractivity contribution >= 4 is 83.0 Å². The summed E-state index contributed by atoms with van der Waals surface area (Å²) in [6.07, 6.45) is 4.31. The fourth-order valence-corrected chi connectivity index (χ4v) is 7.93. The van der Waals surface area contributed by atoms with Crippen LogP contribution in [0.1, 0.15) is 103 Å². The van der Waals surface area contributed by atoms with Crippen LogP contribution < -0.4 is 32.3 Å². The molecule has 5 atom stereocenters. The first-order valence-corrected chi connectivity index (χ1v) is 27.1. The number of carboxylic acid groups (broad SMARTS) is 4. The van der Waals surface area contributed by atoms with E-state index >= 15 is 0 Å². The number of amides is 5. The van der Waals surface area contributed by atoms with E-state index < -0.39 is 84.5 Å². The number of carbonyl (C=O) groups is 12. The van der Waals surface area contributed by atoms with Gasteiger partial charge in [0.05, 0.1) is 57.4 Å². The molecule has 5 amide bonds. The van der Waals surface area contributed by atoms with Gasteiger partial charge in [-0.3, -0.25) is 38.4 Å². The van der Waals surface area contributed by atoms with Crippen molar-refractivity contribution in [2.45, 2.75) is 121 Å². The van der Waals surface area contributed by atoms with E-state index in [0.717, 1.165) is 11.8 Å². The average molecular weight is 1230 g/mol. The molecule has 1 fully saturated rings. The van der Waals surface area contributed by atoms with E-state index in [1.54, 1.807) is 6.92 Å². The zero-order valence-electron chi connectivity index (χ0n) is 45.2. The Hall–Kier alpha value is -4.55. The summed E-state index contributed by atoms with van der Waals surface area (Å²) in [6, 6.07) is -2.70. The Morgan fingerprint density at radius 1 is 0.646 bits per heavy atom. The van der Waals surface area contributed by atoms with Crippen LogP contribution in [-0.4, -0.2) is 206 Å². The number of hydrogen-bond acceptors (Lipinski definition) is 19. The molecule has 29 heteroatoms. The van der Waals surface area contributed by atoms with Crippen molar-refractivity contribution in [3.63, 3.8) is 0 Å². The van der Waals surface area contributed by atoms with Crippen molar-refractivity contribution in [1.82, 2.24) is 26.6 Å². The molecule has 79 heavy (non-hydrogen) atoms. The number of rotatable bonds is 46. The predicted octanol–water partition coefficient (Wildman–Crippen LogP) is -0.733. The maximum absolute atomic E-state index is 12.8. The molecule has 0 spiro atoms. The number of nitrogens with one attached hydrogen (secondary N) is 5. The zero-order chi connectivity index (χ0) is 58.7. The van der Waals surface area contributed by atoms with Crippen molar-refractivity contribution in [2.75, 3.05) is 90.6 Å². The molecular formula is C50H83N6O21SY-. The third-order valence-electron chi connectivity index (χ3n) is 11.5. The number of ketones is 2. The Kier molecular flexibility index (Phi) is 46.7. The van der Waals surface area contributed by atoms with Gasteiger partial charge in [-0.1, -0.05) is 0 Å². The fraction of sp³-hybridized carbons (Fsp3) is 0.740. The van der Waals surface area contributed by atoms with Crippen LogP contribution in [-0.2, 0) is 109 Å². The topological polar surface area (TPSA) is 429 Å². The Morgan fingerprint density at radius 2 is 1.23 bits per heavy atom. The molecule has 27 nitrogen and oxygen atoms in total. The number of Topliss-reactive ketones (excluding diaryl/α,β-unsaturated/α-hetero) is 2. The first-order chi connectivity index (χ1) is 37.1. The second-order valence-electron chi connectivity index (χ2n) is 18.4. The predicted molar refractivity (Wildman–Crippen MR) is 279 cm³/mol. The molecule has 12 N–H and O–H groups in total. The summed E-state index contributed by atoms with van der Waals surface area (Å²) in [5.74, 6) is -9.23. The number of aldehydes is 1. The van der Waals surface area contributed by atoms with E-state index in [-0.39, 0.29) is 190 Å². The number of aliphatic hydroxyl groups is 1. The Balaban J connectivity index is 0. The molecule has 1 radical (unpaired) electrons. The van der Waals surface area contributed by atoms with E-state index in [1.807, 2.05) is 0 Å². The molecule has 0 saturated heterocycles. The molecule has 0 aliphatic heterocycles. The number of ether oxygens (including phenoxy) is 4. The third kappa shape index (κ3) is 42.9. The Labute approximate surface area is 490 Å². The monoisotopic (exact) mass is 1220 g/mol. The molecule has 1 aliphatic rings. The Bertz CT molecular complexity index is 1860. The van der Waals surface area contributed by atoms with Gasteiger partial charge in [0.2, 0.25) is 29.5 Å². The van der Waals surface area contributed by atoms with Crippen molar-refractivity contribution in [1.29, 1.82) is 0 Å². The summed E-state index contributed by atoms with van der Waals surface area (Å²) in [7, 11) is 0. The van der Waals surface area contributed by atoms with Gasteiger partial charge in [-0.2, -0.15) is 11.8 Å². The first-order valence-electron chi connectivity index (χ1n) is 26.0. The number of hydrogen-bond donors (Lipinski definition) is 11. The van der Waals surface area contributed by atoms with Crippen LogP contribution in [0.15, 0.2) is 0 Å². The van der Waals surface area contributed by atoms with Gasteiger partial charge in [-0.15, -0.1) is 5.92 Å². The van der Waals surface area contributed by atoms with Gasteiger partial charge < -0.3 is 93.3 Å². The maximum atomic E-state index is 12.8. The second kappa shape index (κ2) is 48.2. The maximum Gasteiger partial charge on any atom is 0.326 e.